The number of fused-ring (bicyclic) bond motifs is 1. The van der Waals surface area contributed by atoms with Crippen molar-refractivity contribution in [1.29, 1.82) is 0 Å². The van der Waals surface area contributed by atoms with Gasteiger partial charge in [-0.05, 0) is 23.3 Å². The molecule has 2 aromatic carbocycles. The van der Waals surface area contributed by atoms with Crippen LogP contribution >= 0.6 is 11.6 Å². The van der Waals surface area contributed by atoms with Gasteiger partial charge in [-0.25, -0.2) is 4.79 Å². The fraction of sp³-hybridized carbons (Fsp3) is 0.320. The minimum Gasteiger partial charge on any atom is -0.340 e. The van der Waals surface area contributed by atoms with Gasteiger partial charge in [0, 0.05) is 51.8 Å². The van der Waals surface area contributed by atoms with E-state index in [0.717, 1.165) is 42.9 Å². The number of rotatable bonds is 5. The Labute approximate surface area is 202 Å². The van der Waals surface area contributed by atoms with Crippen molar-refractivity contribution in [2.45, 2.75) is 13.1 Å². The maximum Gasteiger partial charge on any atom is 0.332 e. The zero-order valence-electron chi connectivity index (χ0n) is 19.3. The fourth-order valence-electron chi connectivity index (χ4n) is 4.55. The number of hydrogen-bond acceptors (Lipinski definition) is 5. The maximum atomic E-state index is 13.2. The van der Waals surface area contributed by atoms with E-state index in [0.29, 0.717) is 28.7 Å². The summed E-state index contributed by atoms with van der Waals surface area (Å²) in [6, 6.07) is 18.0. The molecule has 5 rings (SSSR count). The van der Waals surface area contributed by atoms with Crippen LogP contribution in [0.1, 0.15) is 11.1 Å². The number of benzene rings is 2. The van der Waals surface area contributed by atoms with E-state index in [1.165, 1.54) is 17.2 Å². The van der Waals surface area contributed by atoms with Crippen LogP contribution < -0.4 is 16.1 Å². The Morgan fingerprint density at radius 1 is 0.824 bits per heavy atom. The third kappa shape index (κ3) is 4.15. The highest BCUT2D eigenvalue weighted by molar-refractivity contribution is 6.30. The van der Waals surface area contributed by atoms with Gasteiger partial charge in [0.15, 0.2) is 11.2 Å². The molecule has 0 amide bonds. The first-order valence-corrected chi connectivity index (χ1v) is 11.7. The molecule has 0 atom stereocenters. The Morgan fingerprint density at radius 3 is 2.15 bits per heavy atom. The van der Waals surface area contributed by atoms with E-state index in [-0.39, 0.29) is 11.2 Å². The van der Waals surface area contributed by atoms with Crippen LogP contribution in [0, 0.1) is 0 Å². The Balaban J connectivity index is 1.51. The number of imidazole rings is 1. The van der Waals surface area contributed by atoms with E-state index in [9.17, 15) is 9.59 Å². The zero-order valence-corrected chi connectivity index (χ0v) is 20.1. The molecule has 0 saturated carbocycles. The molecule has 1 fully saturated rings. The van der Waals surface area contributed by atoms with Gasteiger partial charge >= 0.3 is 5.69 Å². The molecule has 0 N–H and O–H groups in total. The number of anilines is 1. The number of piperazine rings is 1. The molecule has 1 aliphatic heterocycles. The molecule has 3 heterocycles. The van der Waals surface area contributed by atoms with Gasteiger partial charge in [0.25, 0.3) is 5.56 Å². The summed E-state index contributed by atoms with van der Waals surface area (Å²) in [6.07, 6.45) is 0. The molecule has 4 aromatic rings. The molecule has 176 valence electrons. The molecule has 2 aromatic heterocycles. The first-order valence-electron chi connectivity index (χ1n) is 11.3. The van der Waals surface area contributed by atoms with Crippen molar-refractivity contribution in [3.8, 4) is 0 Å². The van der Waals surface area contributed by atoms with E-state index in [2.05, 4.69) is 34.1 Å². The second-order valence-corrected chi connectivity index (χ2v) is 9.19. The van der Waals surface area contributed by atoms with Crippen molar-refractivity contribution in [1.82, 2.24) is 23.6 Å². The molecule has 0 spiro atoms. The quantitative estimate of drug-likeness (QED) is 0.441. The summed E-state index contributed by atoms with van der Waals surface area (Å²) >= 11 is 6.07. The molecule has 0 unspecified atom stereocenters. The number of nitrogens with zero attached hydrogens (tertiary/aromatic N) is 6. The van der Waals surface area contributed by atoms with E-state index in [1.54, 1.807) is 7.05 Å². The molecular weight excluding hydrogens is 452 g/mol. The fourth-order valence-corrected chi connectivity index (χ4v) is 4.67. The van der Waals surface area contributed by atoms with Crippen molar-refractivity contribution < 1.29 is 0 Å². The number of aryl methyl sites for hydroxylation is 1. The van der Waals surface area contributed by atoms with Crippen LogP contribution in [0.4, 0.5) is 5.95 Å². The van der Waals surface area contributed by atoms with Gasteiger partial charge in [-0.1, -0.05) is 54.1 Å². The highest BCUT2D eigenvalue weighted by Crippen LogP contribution is 2.23. The third-order valence-electron chi connectivity index (χ3n) is 6.49. The highest BCUT2D eigenvalue weighted by atomic mass is 35.5. The van der Waals surface area contributed by atoms with E-state index >= 15 is 0 Å². The number of aromatic nitrogens is 4. The largest absolute Gasteiger partial charge is 0.340 e. The van der Waals surface area contributed by atoms with Gasteiger partial charge in [0.2, 0.25) is 5.95 Å². The molecule has 1 aliphatic rings. The molecule has 8 nitrogen and oxygen atoms in total. The summed E-state index contributed by atoms with van der Waals surface area (Å²) in [6.45, 7) is 4.70. The Hall–Kier alpha value is -3.36. The smallest absolute Gasteiger partial charge is 0.332 e. The lowest BCUT2D eigenvalue weighted by atomic mass is 10.2. The van der Waals surface area contributed by atoms with Crippen LogP contribution in [0.25, 0.3) is 11.2 Å². The summed E-state index contributed by atoms with van der Waals surface area (Å²) < 4.78 is 4.53. The van der Waals surface area contributed by atoms with E-state index in [4.69, 9.17) is 16.6 Å². The van der Waals surface area contributed by atoms with Crippen molar-refractivity contribution in [3.63, 3.8) is 0 Å². The van der Waals surface area contributed by atoms with Gasteiger partial charge in [-0.2, -0.15) is 4.98 Å². The third-order valence-corrected chi connectivity index (χ3v) is 6.74. The van der Waals surface area contributed by atoms with Crippen LogP contribution in [0.5, 0.6) is 0 Å². The predicted molar refractivity (Wildman–Crippen MR) is 135 cm³/mol. The Morgan fingerprint density at radius 2 is 1.47 bits per heavy atom. The van der Waals surface area contributed by atoms with Crippen LogP contribution in [0.3, 0.4) is 0 Å². The summed E-state index contributed by atoms with van der Waals surface area (Å²) in [7, 11) is 3.16. The minimum atomic E-state index is -0.382. The molecule has 34 heavy (non-hydrogen) atoms. The summed E-state index contributed by atoms with van der Waals surface area (Å²) in [5.41, 5.74) is 2.42. The Kier molecular flexibility index (Phi) is 6.02. The standard InChI is InChI=1S/C25H27ClN6O2/c1-28-22-21(23(33)29(2)25(28)34)32(17-19-8-10-20(26)11-9-19)24(27-22)31-14-12-30(13-15-31)16-18-6-4-3-5-7-18/h3-11H,12-17H2,1-2H3. The average molecular weight is 479 g/mol. The first-order chi connectivity index (χ1) is 16.4. The molecule has 1 saturated heterocycles. The molecule has 9 heteroatoms. The maximum absolute atomic E-state index is 13.2. The lowest BCUT2D eigenvalue weighted by Gasteiger charge is -2.35. The molecule has 0 bridgehead atoms. The lowest BCUT2D eigenvalue weighted by Crippen LogP contribution is -2.47. The van der Waals surface area contributed by atoms with Gasteiger partial charge < -0.3 is 4.90 Å². The molecule has 0 radical (unpaired) electrons. The summed E-state index contributed by atoms with van der Waals surface area (Å²) in [5.74, 6) is 0.711. The van der Waals surface area contributed by atoms with Crippen LogP contribution in [-0.4, -0.2) is 49.8 Å². The summed E-state index contributed by atoms with van der Waals surface area (Å²) in [4.78, 5) is 35.2. The SMILES string of the molecule is Cn1c(=O)c2c(nc(N3CCN(Cc4ccccc4)CC3)n2Cc2ccc(Cl)cc2)n(C)c1=O. The van der Waals surface area contributed by atoms with Crippen LogP contribution in [0.2, 0.25) is 5.02 Å². The van der Waals surface area contributed by atoms with Gasteiger partial charge in [0.1, 0.15) is 0 Å². The highest BCUT2D eigenvalue weighted by Gasteiger charge is 2.25. The topological polar surface area (TPSA) is 68.3 Å². The second-order valence-electron chi connectivity index (χ2n) is 8.75. The summed E-state index contributed by atoms with van der Waals surface area (Å²) in [5, 5.41) is 0.660. The van der Waals surface area contributed by atoms with E-state index < -0.39 is 0 Å². The van der Waals surface area contributed by atoms with Gasteiger partial charge in [-0.3, -0.25) is 23.4 Å². The molecular formula is C25H27ClN6O2. The zero-order chi connectivity index (χ0) is 23.8. The van der Waals surface area contributed by atoms with Crippen LogP contribution in [0.15, 0.2) is 64.2 Å². The van der Waals surface area contributed by atoms with Gasteiger partial charge in [0.05, 0.1) is 6.54 Å². The minimum absolute atomic E-state index is 0.339. The number of hydrogen-bond donors (Lipinski definition) is 0. The first kappa shape index (κ1) is 22.4. The van der Waals surface area contributed by atoms with Crippen molar-refractivity contribution >= 4 is 28.7 Å². The normalized spacial score (nSPS) is 14.7. The predicted octanol–water partition coefficient (Wildman–Crippen LogP) is 2.46. The lowest BCUT2D eigenvalue weighted by molar-refractivity contribution is 0.248. The van der Waals surface area contributed by atoms with Crippen molar-refractivity contribution in [2.75, 3.05) is 31.1 Å². The van der Waals surface area contributed by atoms with E-state index in [1.807, 2.05) is 34.9 Å². The average Bonchev–Trinajstić information content (AvgIpc) is 3.23. The number of halogens is 1. The van der Waals surface area contributed by atoms with Gasteiger partial charge in [-0.15, -0.1) is 0 Å². The monoisotopic (exact) mass is 478 g/mol. The molecule has 0 aliphatic carbocycles. The van der Waals surface area contributed by atoms with Crippen molar-refractivity contribution in [3.05, 3.63) is 91.6 Å². The second kappa shape index (κ2) is 9.12. The van der Waals surface area contributed by atoms with Crippen molar-refractivity contribution in [2.24, 2.45) is 14.1 Å². The Bertz CT molecular complexity index is 1430. The van der Waals surface area contributed by atoms with Crippen LogP contribution in [-0.2, 0) is 27.2 Å².